The predicted octanol–water partition coefficient (Wildman–Crippen LogP) is 4.18. The van der Waals surface area contributed by atoms with Crippen LogP contribution in [0.1, 0.15) is 5.56 Å². The number of nitrogens with one attached hydrogen (secondary N) is 2. The zero-order valence-electron chi connectivity index (χ0n) is 18.8. The van der Waals surface area contributed by atoms with Crippen LogP contribution in [0.15, 0.2) is 52.8 Å². The minimum atomic E-state index is -0.202. The summed E-state index contributed by atoms with van der Waals surface area (Å²) in [6.07, 6.45) is 0. The number of hydrogen-bond acceptors (Lipinski definition) is 5. The van der Waals surface area contributed by atoms with E-state index in [1.807, 2.05) is 25.1 Å². The standard InChI is InChI=1S/C24H28ClN5O2S/c1-17-20(25)4-3-5-21(17)28-24-30(11-10-27-23(31)26-2)22(16-33-24)18-6-8-19(9-7-18)29-12-14-32-15-13-29/h3-9,16H,10-15H2,1-2H3,(H2,26,27,31). The molecule has 1 aliphatic rings. The van der Waals surface area contributed by atoms with Gasteiger partial charge in [-0.05, 0) is 42.3 Å². The van der Waals surface area contributed by atoms with Gasteiger partial charge in [-0.25, -0.2) is 9.79 Å². The maximum atomic E-state index is 11.7. The largest absolute Gasteiger partial charge is 0.378 e. The second-order valence-electron chi connectivity index (χ2n) is 7.70. The van der Waals surface area contributed by atoms with Crippen molar-refractivity contribution < 1.29 is 9.53 Å². The number of morpholine rings is 1. The molecule has 174 valence electrons. The number of carbonyl (C=O) groups is 1. The smallest absolute Gasteiger partial charge is 0.314 e. The van der Waals surface area contributed by atoms with E-state index < -0.39 is 0 Å². The molecule has 9 heteroatoms. The number of halogens is 1. The number of amides is 2. The van der Waals surface area contributed by atoms with Crippen LogP contribution in [0.25, 0.3) is 11.3 Å². The molecule has 4 rings (SSSR count). The topological polar surface area (TPSA) is 70.9 Å². The molecule has 1 aromatic heterocycles. The summed E-state index contributed by atoms with van der Waals surface area (Å²) in [5.41, 5.74) is 5.15. The van der Waals surface area contributed by atoms with Crippen LogP contribution in [0.2, 0.25) is 5.02 Å². The molecule has 2 heterocycles. The number of hydrogen-bond donors (Lipinski definition) is 2. The minimum absolute atomic E-state index is 0.202. The molecule has 2 N–H and O–H groups in total. The third kappa shape index (κ3) is 5.58. The van der Waals surface area contributed by atoms with Crippen LogP contribution in [0.5, 0.6) is 0 Å². The van der Waals surface area contributed by atoms with E-state index in [9.17, 15) is 4.79 Å². The van der Waals surface area contributed by atoms with Crippen molar-refractivity contribution in [2.24, 2.45) is 4.99 Å². The van der Waals surface area contributed by atoms with Gasteiger partial charge in [0.1, 0.15) is 0 Å². The lowest BCUT2D eigenvalue weighted by Gasteiger charge is -2.28. The van der Waals surface area contributed by atoms with Gasteiger partial charge in [0.05, 0.1) is 24.6 Å². The maximum Gasteiger partial charge on any atom is 0.314 e. The number of rotatable bonds is 6. The van der Waals surface area contributed by atoms with Gasteiger partial charge in [-0.1, -0.05) is 29.8 Å². The molecule has 0 bridgehead atoms. The highest BCUT2D eigenvalue weighted by atomic mass is 35.5. The van der Waals surface area contributed by atoms with Crippen LogP contribution >= 0.6 is 22.9 Å². The first kappa shape index (κ1) is 23.4. The van der Waals surface area contributed by atoms with E-state index in [1.165, 1.54) is 5.69 Å². The number of urea groups is 1. The van der Waals surface area contributed by atoms with E-state index in [-0.39, 0.29) is 6.03 Å². The molecule has 3 aromatic rings. The molecular formula is C24H28ClN5O2S. The number of ether oxygens (including phenoxy) is 1. The highest BCUT2D eigenvalue weighted by molar-refractivity contribution is 7.07. The van der Waals surface area contributed by atoms with Gasteiger partial charge in [0.15, 0.2) is 4.80 Å². The zero-order chi connectivity index (χ0) is 23.2. The Hall–Kier alpha value is -2.81. The summed E-state index contributed by atoms with van der Waals surface area (Å²) >= 11 is 7.88. The Morgan fingerprint density at radius 2 is 1.94 bits per heavy atom. The van der Waals surface area contributed by atoms with Gasteiger partial charge in [0, 0.05) is 49.3 Å². The molecule has 33 heavy (non-hydrogen) atoms. The van der Waals surface area contributed by atoms with E-state index in [1.54, 1.807) is 18.4 Å². The molecule has 0 saturated carbocycles. The molecule has 0 aliphatic carbocycles. The molecule has 1 aliphatic heterocycles. The average Bonchev–Trinajstić information content (AvgIpc) is 3.24. The summed E-state index contributed by atoms with van der Waals surface area (Å²) in [4.78, 5) is 19.8. The first-order valence-electron chi connectivity index (χ1n) is 10.9. The second kappa shape index (κ2) is 10.9. The van der Waals surface area contributed by atoms with Gasteiger partial charge >= 0.3 is 6.03 Å². The quantitative estimate of drug-likeness (QED) is 0.550. The predicted molar refractivity (Wildman–Crippen MR) is 135 cm³/mol. The first-order chi connectivity index (χ1) is 16.1. The SMILES string of the molecule is CNC(=O)NCCn1c(-c2ccc(N3CCOCC3)cc2)csc1=Nc1cccc(Cl)c1C. The summed E-state index contributed by atoms with van der Waals surface area (Å²) in [6, 6.07) is 14.1. The lowest BCUT2D eigenvalue weighted by Crippen LogP contribution is -2.36. The van der Waals surface area contributed by atoms with Crippen LogP contribution in [0.4, 0.5) is 16.2 Å². The lowest BCUT2D eigenvalue weighted by atomic mass is 10.1. The summed E-state index contributed by atoms with van der Waals surface area (Å²) in [5, 5.41) is 8.26. The Morgan fingerprint density at radius 3 is 2.67 bits per heavy atom. The Morgan fingerprint density at radius 1 is 1.18 bits per heavy atom. The molecule has 1 fully saturated rings. The van der Waals surface area contributed by atoms with Gasteiger partial charge in [-0.3, -0.25) is 0 Å². The van der Waals surface area contributed by atoms with Gasteiger partial charge in [-0.15, -0.1) is 11.3 Å². The number of aromatic nitrogens is 1. The third-order valence-electron chi connectivity index (χ3n) is 5.64. The van der Waals surface area contributed by atoms with Crippen LogP contribution < -0.4 is 20.3 Å². The highest BCUT2D eigenvalue weighted by Crippen LogP contribution is 2.27. The van der Waals surface area contributed by atoms with Crippen molar-refractivity contribution in [1.29, 1.82) is 0 Å². The molecule has 0 spiro atoms. The van der Waals surface area contributed by atoms with Crippen molar-refractivity contribution >= 4 is 40.3 Å². The van der Waals surface area contributed by atoms with E-state index in [4.69, 9.17) is 21.3 Å². The fraction of sp³-hybridized carbons (Fsp3) is 0.333. The molecule has 7 nitrogen and oxygen atoms in total. The summed E-state index contributed by atoms with van der Waals surface area (Å²) in [6.45, 7) is 6.39. The zero-order valence-corrected chi connectivity index (χ0v) is 20.4. The van der Waals surface area contributed by atoms with Crippen molar-refractivity contribution in [2.75, 3.05) is 44.8 Å². The van der Waals surface area contributed by atoms with E-state index in [0.29, 0.717) is 18.1 Å². The van der Waals surface area contributed by atoms with Gasteiger partial charge < -0.3 is 24.8 Å². The van der Waals surface area contributed by atoms with Crippen LogP contribution in [0.3, 0.4) is 0 Å². The van der Waals surface area contributed by atoms with Gasteiger partial charge in [-0.2, -0.15) is 0 Å². The van der Waals surface area contributed by atoms with E-state index in [2.05, 4.69) is 49.7 Å². The number of benzene rings is 2. The van der Waals surface area contributed by atoms with Crippen molar-refractivity contribution in [3.63, 3.8) is 0 Å². The molecule has 1 saturated heterocycles. The van der Waals surface area contributed by atoms with Gasteiger partial charge in [0.25, 0.3) is 0 Å². The number of thiazole rings is 1. The first-order valence-corrected chi connectivity index (χ1v) is 12.2. The van der Waals surface area contributed by atoms with Crippen LogP contribution in [-0.4, -0.2) is 50.5 Å². The third-order valence-corrected chi connectivity index (χ3v) is 6.91. The Balaban J connectivity index is 1.67. The number of anilines is 1. The summed E-state index contributed by atoms with van der Waals surface area (Å²) in [7, 11) is 1.61. The molecule has 2 amide bonds. The minimum Gasteiger partial charge on any atom is -0.378 e. The van der Waals surface area contributed by atoms with E-state index in [0.717, 1.165) is 53.6 Å². The van der Waals surface area contributed by atoms with Crippen molar-refractivity contribution in [3.05, 3.63) is 63.2 Å². The fourth-order valence-corrected chi connectivity index (χ4v) is 4.84. The Labute approximate surface area is 202 Å². The molecule has 0 unspecified atom stereocenters. The highest BCUT2D eigenvalue weighted by Gasteiger charge is 2.13. The van der Waals surface area contributed by atoms with Crippen molar-refractivity contribution in [1.82, 2.24) is 15.2 Å². The van der Waals surface area contributed by atoms with Gasteiger partial charge in [0.2, 0.25) is 0 Å². The van der Waals surface area contributed by atoms with Crippen molar-refractivity contribution in [3.8, 4) is 11.3 Å². The monoisotopic (exact) mass is 485 g/mol. The number of carbonyl (C=O) groups excluding carboxylic acids is 1. The number of nitrogens with zero attached hydrogens (tertiary/aromatic N) is 3. The second-order valence-corrected chi connectivity index (χ2v) is 8.95. The van der Waals surface area contributed by atoms with Crippen LogP contribution in [-0.2, 0) is 11.3 Å². The Kier molecular flexibility index (Phi) is 7.69. The normalized spacial score (nSPS) is 14.4. The Bertz CT molecular complexity index is 1170. The average molecular weight is 486 g/mol. The molecule has 2 aromatic carbocycles. The molecule has 0 radical (unpaired) electrons. The molecular weight excluding hydrogens is 458 g/mol. The maximum absolute atomic E-state index is 11.7. The van der Waals surface area contributed by atoms with E-state index >= 15 is 0 Å². The van der Waals surface area contributed by atoms with Crippen LogP contribution in [0, 0.1) is 6.92 Å². The summed E-state index contributed by atoms with van der Waals surface area (Å²) < 4.78 is 7.61. The fourth-order valence-electron chi connectivity index (χ4n) is 3.72. The van der Waals surface area contributed by atoms with Crippen molar-refractivity contribution in [2.45, 2.75) is 13.5 Å². The summed E-state index contributed by atoms with van der Waals surface area (Å²) in [5.74, 6) is 0. The lowest BCUT2D eigenvalue weighted by molar-refractivity contribution is 0.122. The molecule has 0 atom stereocenters.